The first-order valence-corrected chi connectivity index (χ1v) is 9.93. The molecule has 2 heterocycles. The summed E-state index contributed by atoms with van der Waals surface area (Å²) in [6.07, 6.45) is 3.35. The molecule has 1 aliphatic heterocycles. The number of anilines is 1. The summed E-state index contributed by atoms with van der Waals surface area (Å²) >= 11 is 0. The summed E-state index contributed by atoms with van der Waals surface area (Å²) in [5.41, 5.74) is 1.34. The van der Waals surface area contributed by atoms with Crippen molar-refractivity contribution in [1.82, 2.24) is 14.9 Å². The Morgan fingerprint density at radius 2 is 1.90 bits per heavy atom. The lowest BCUT2D eigenvalue weighted by Gasteiger charge is -2.24. The number of likely N-dealkylation sites (tertiary alicyclic amines) is 1. The number of esters is 1. The molecule has 2 amide bonds. The van der Waals surface area contributed by atoms with Crippen LogP contribution in [0.15, 0.2) is 23.0 Å². The van der Waals surface area contributed by atoms with Gasteiger partial charge in [-0.05, 0) is 38.0 Å². The van der Waals surface area contributed by atoms with Crippen LogP contribution < -0.4 is 11.0 Å². The molecule has 1 aliphatic carbocycles. The van der Waals surface area contributed by atoms with Gasteiger partial charge >= 0.3 is 11.7 Å². The highest BCUT2D eigenvalue weighted by molar-refractivity contribution is 5.97. The van der Waals surface area contributed by atoms with E-state index in [-0.39, 0.29) is 24.1 Å². The molecule has 0 radical (unpaired) electrons. The third-order valence-corrected chi connectivity index (χ3v) is 5.70. The standard InChI is InChI=1S/C20H24N4O5/c1-11(18(26)21-13-6-7-15-16(9-13)23-20(28)22-15)29-19(27)12-8-17(25)24(10-12)14-4-2-3-5-14/h6-7,9,11-12,14H,2-5,8,10H2,1H3,(H,21,26)(H2,22,23,28)/t11-,12-/m0/s1. The Kier molecular flexibility index (Phi) is 5.12. The second-order valence-corrected chi connectivity index (χ2v) is 7.79. The Hall–Kier alpha value is -3.10. The van der Waals surface area contributed by atoms with Gasteiger partial charge in [0.2, 0.25) is 5.91 Å². The van der Waals surface area contributed by atoms with E-state index >= 15 is 0 Å². The minimum absolute atomic E-state index is 0.00949. The summed E-state index contributed by atoms with van der Waals surface area (Å²) in [4.78, 5) is 55.5. The van der Waals surface area contributed by atoms with Crippen LogP contribution in [0.4, 0.5) is 5.69 Å². The van der Waals surface area contributed by atoms with Gasteiger partial charge in [-0.2, -0.15) is 0 Å². The second-order valence-electron chi connectivity index (χ2n) is 7.79. The summed E-state index contributed by atoms with van der Waals surface area (Å²) in [5.74, 6) is -1.54. The number of carbonyl (C=O) groups excluding carboxylic acids is 3. The molecule has 0 bridgehead atoms. The number of rotatable bonds is 5. The van der Waals surface area contributed by atoms with Crippen molar-refractivity contribution in [3.8, 4) is 0 Å². The van der Waals surface area contributed by atoms with E-state index in [1.54, 1.807) is 23.1 Å². The van der Waals surface area contributed by atoms with Crippen molar-refractivity contribution < 1.29 is 19.1 Å². The topological polar surface area (TPSA) is 124 Å². The van der Waals surface area contributed by atoms with E-state index in [1.807, 2.05) is 0 Å². The van der Waals surface area contributed by atoms with Crippen LogP contribution in [0.3, 0.4) is 0 Å². The number of hydrogen-bond donors (Lipinski definition) is 3. The van der Waals surface area contributed by atoms with Gasteiger partial charge in [-0.25, -0.2) is 4.79 Å². The van der Waals surface area contributed by atoms with Gasteiger partial charge in [0.15, 0.2) is 6.10 Å². The van der Waals surface area contributed by atoms with Gasteiger partial charge in [0.05, 0.1) is 17.0 Å². The van der Waals surface area contributed by atoms with Gasteiger partial charge < -0.3 is 24.9 Å². The number of nitrogens with zero attached hydrogens (tertiary/aromatic N) is 1. The number of amides is 2. The molecule has 2 aromatic rings. The van der Waals surface area contributed by atoms with E-state index in [9.17, 15) is 19.2 Å². The summed E-state index contributed by atoms with van der Waals surface area (Å²) in [7, 11) is 0. The molecule has 1 saturated heterocycles. The third kappa shape index (κ3) is 4.03. The lowest BCUT2D eigenvalue weighted by Crippen LogP contribution is -2.36. The first-order chi connectivity index (χ1) is 13.9. The highest BCUT2D eigenvalue weighted by Gasteiger charge is 2.40. The molecule has 2 atom stereocenters. The number of aromatic nitrogens is 2. The molecule has 0 unspecified atom stereocenters. The molecule has 1 aromatic heterocycles. The second kappa shape index (κ2) is 7.73. The predicted molar refractivity (Wildman–Crippen MR) is 105 cm³/mol. The quantitative estimate of drug-likeness (QED) is 0.657. The molecule has 154 valence electrons. The van der Waals surface area contributed by atoms with E-state index in [2.05, 4.69) is 15.3 Å². The first-order valence-electron chi connectivity index (χ1n) is 9.93. The fourth-order valence-electron chi connectivity index (χ4n) is 4.14. The Bertz CT molecular complexity index is 1000. The molecule has 4 rings (SSSR count). The maximum atomic E-state index is 12.5. The summed E-state index contributed by atoms with van der Waals surface area (Å²) in [6, 6.07) is 5.17. The maximum absolute atomic E-state index is 12.5. The zero-order chi connectivity index (χ0) is 20.5. The Morgan fingerprint density at radius 3 is 2.66 bits per heavy atom. The molecule has 9 nitrogen and oxygen atoms in total. The highest BCUT2D eigenvalue weighted by Crippen LogP contribution is 2.30. The minimum Gasteiger partial charge on any atom is -0.452 e. The zero-order valence-corrected chi connectivity index (χ0v) is 16.2. The number of fused-ring (bicyclic) bond motifs is 1. The van der Waals surface area contributed by atoms with E-state index < -0.39 is 23.9 Å². The van der Waals surface area contributed by atoms with Gasteiger partial charge in [-0.1, -0.05) is 12.8 Å². The van der Waals surface area contributed by atoms with E-state index in [0.29, 0.717) is 23.3 Å². The van der Waals surface area contributed by atoms with Gasteiger partial charge in [0.25, 0.3) is 5.91 Å². The highest BCUT2D eigenvalue weighted by atomic mass is 16.5. The van der Waals surface area contributed by atoms with Gasteiger partial charge in [0, 0.05) is 24.7 Å². The lowest BCUT2D eigenvalue weighted by atomic mass is 10.1. The molecule has 29 heavy (non-hydrogen) atoms. The Labute approximate surface area is 166 Å². The SMILES string of the molecule is C[C@H](OC(=O)[C@H]1CC(=O)N(C2CCCC2)C1)C(=O)Nc1ccc2[nH]c(=O)[nH]c2c1. The molecular formula is C20H24N4O5. The Morgan fingerprint density at radius 1 is 1.17 bits per heavy atom. The molecule has 2 fully saturated rings. The molecule has 1 aromatic carbocycles. The van der Waals surface area contributed by atoms with Crippen LogP contribution in [0.5, 0.6) is 0 Å². The van der Waals surface area contributed by atoms with Gasteiger partial charge in [0.1, 0.15) is 0 Å². The minimum atomic E-state index is -1.00. The third-order valence-electron chi connectivity index (χ3n) is 5.70. The van der Waals surface area contributed by atoms with Crippen molar-refractivity contribution in [2.24, 2.45) is 5.92 Å². The van der Waals surface area contributed by atoms with Crippen molar-refractivity contribution >= 4 is 34.5 Å². The number of H-pyrrole nitrogens is 2. The smallest absolute Gasteiger partial charge is 0.323 e. The molecular weight excluding hydrogens is 376 g/mol. The van der Waals surface area contributed by atoms with Crippen LogP contribution >= 0.6 is 0 Å². The van der Waals surface area contributed by atoms with E-state index in [1.165, 1.54) is 6.92 Å². The average Bonchev–Trinajstić information content (AvgIpc) is 3.39. The zero-order valence-electron chi connectivity index (χ0n) is 16.2. The number of hydrogen-bond acceptors (Lipinski definition) is 5. The van der Waals surface area contributed by atoms with Crippen molar-refractivity contribution in [2.45, 2.75) is 51.2 Å². The summed E-state index contributed by atoms with van der Waals surface area (Å²) in [6.45, 7) is 1.86. The molecule has 2 aliphatic rings. The van der Waals surface area contributed by atoms with Crippen LogP contribution in [0.25, 0.3) is 11.0 Å². The number of nitrogens with one attached hydrogen (secondary N) is 3. The first kappa shape index (κ1) is 19.2. The molecule has 1 saturated carbocycles. The fourth-order valence-corrected chi connectivity index (χ4v) is 4.14. The van der Waals surface area contributed by atoms with Crippen molar-refractivity contribution in [1.29, 1.82) is 0 Å². The number of benzene rings is 1. The number of imidazole rings is 1. The van der Waals surface area contributed by atoms with Gasteiger partial charge in [-0.15, -0.1) is 0 Å². The lowest BCUT2D eigenvalue weighted by molar-refractivity contribution is -0.157. The summed E-state index contributed by atoms with van der Waals surface area (Å²) < 4.78 is 5.33. The monoisotopic (exact) mass is 400 g/mol. The largest absolute Gasteiger partial charge is 0.452 e. The normalized spacial score (nSPS) is 20.9. The van der Waals surface area contributed by atoms with Crippen LogP contribution in [0.1, 0.15) is 39.0 Å². The van der Waals surface area contributed by atoms with E-state index in [4.69, 9.17) is 4.74 Å². The molecule has 3 N–H and O–H groups in total. The van der Waals surface area contributed by atoms with Crippen LogP contribution in [0, 0.1) is 5.92 Å². The maximum Gasteiger partial charge on any atom is 0.323 e. The van der Waals surface area contributed by atoms with E-state index in [0.717, 1.165) is 25.7 Å². The predicted octanol–water partition coefficient (Wildman–Crippen LogP) is 1.52. The van der Waals surface area contributed by atoms with Crippen molar-refractivity contribution in [3.63, 3.8) is 0 Å². The van der Waals surface area contributed by atoms with Crippen LogP contribution in [-0.4, -0.2) is 51.3 Å². The number of carbonyl (C=O) groups is 3. The van der Waals surface area contributed by atoms with Crippen LogP contribution in [-0.2, 0) is 19.1 Å². The number of aromatic amines is 2. The molecule has 9 heteroatoms. The van der Waals surface area contributed by atoms with Crippen molar-refractivity contribution in [3.05, 3.63) is 28.7 Å². The number of ether oxygens (including phenoxy) is 1. The summed E-state index contributed by atoms with van der Waals surface area (Å²) in [5, 5.41) is 2.67. The van der Waals surface area contributed by atoms with Crippen LogP contribution in [0.2, 0.25) is 0 Å². The fraction of sp³-hybridized carbons (Fsp3) is 0.500. The average molecular weight is 400 g/mol. The van der Waals surface area contributed by atoms with Crippen molar-refractivity contribution in [2.75, 3.05) is 11.9 Å². The van der Waals surface area contributed by atoms with Gasteiger partial charge in [-0.3, -0.25) is 14.4 Å². The Balaban J connectivity index is 1.33. The molecule has 0 spiro atoms.